The first-order valence-electron chi connectivity index (χ1n) is 5.43. The number of nitrogen functional groups attached to an aromatic ring is 1. The third-order valence-corrected chi connectivity index (χ3v) is 2.17. The highest BCUT2D eigenvalue weighted by Crippen LogP contribution is 2.14. The minimum atomic E-state index is -0.609. The molecule has 0 radical (unpaired) electrons. The summed E-state index contributed by atoms with van der Waals surface area (Å²) in [7, 11) is 0. The molecule has 16 heavy (non-hydrogen) atoms. The summed E-state index contributed by atoms with van der Waals surface area (Å²) in [6.07, 6.45) is -0.609. The van der Waals surface area contributed by atoms with Crippen LogP contribution in [0.3, 0.4) is 0 Å². The molecule has 0 heterocycles. The summed E-state index contributed by atoms with van der Waals surface area (Å²) < 4.78 is 10.4. The van der Waals surface area contributed by atoms with Crippen LogP contribution in [0.5, 0.6) is 0 Å². The van der Waals surface area contributed by atoms with E-state index in [0.29, 0.717) is 25.5 Å². The average Bonchev–Trinajstić information content (AvgIpc) is 2.29. The van der Waals surface area contributed by atoms with E-state index in [2.05, 4.69) is 0 Å². The zero-order valence-corrected chi connectivity index (χ0v) is 9.56. The third kappa shape index (κ3) is 4.61. The Labute approximate surface area is 96.0 Å². The lowest BCUT2D eigenvalue weighted by atomic mass is 10.1. The first-order valence-corrected chi connectivity index (χ1v) is 5.43. The molecule has 4 nitrogen and oxygen atoms in total. The fraction of sp³-hybridized carbons (Fsp3) is 0.500. The van der Waals surface area contributed by atoms with E-state index in [1.807, 2.05) is 6.92 Å². The molecule has 1 aromatic rings. The van der Waals surface area contributed by atoms with Crippen molar-refractivity contribution >= 4 is 5.69 Å². The maximum Gasteiger partial charge on any atom is 0.102 e. The van der Waals surface area contributed by atoms with Crippen molar-refractivity contribution in [2.45, 2.75) is 13.0 Å². The first kappa shape index (κ1) is 13.0. The van der Waals surface area contributed by atoms with Crippen molar-refractivity contribution in [2.75, 3.05) is 32.2 Å². The molecule has 0 saturated heterocycles. The maximum atomic E-state index is 9.76. The molecule has 90 valence electrons. The van der Waals surface area contributed by atoms with Crippen molar-refractivity contribution in [3.8, 4) is 0 Å². The number of hydrogen-bond donors (Lipinski definition) is 2. The van der Waals surface area contributed by atoms with Crippen LogP contribution in [0.25, 0.3) is 0 Å². The number of nitrogens with two attached hydrogens (primary N) is 1. The van der Waals surface area contributed by atoms with E-state index in [-0.39, 0.29) is 6.61 Å². The third-order valence-electron chi connectivity index (χ3n) is 2.17. The Morgan fingerprint density at radius 2 is 1.81 bits per heavy atom. The molecule has 0 fully saturated rings. The number of benzene rings is 1. The molecule has 0 spiro atoms. The zero-order chi connectivity index (χ0) is 11.8. The number of anilines is 1. The standard InChI is InChI=1S/C12H19NO3/c1-2-15-7-8-16-9-12(14)10-3-5-11(13)6-4-10/h3-6,12,14H,2,7-9,13H2,1H3. The summed E-state index contributed by atoms with van der Waals surface area (Å²) in [5, 5.41) is 9.76. The summed E-state index contributed by atoms with van der Waals surface area (Å²) >= 11 is 0. The van der Waals surface area contributed by atoms with Gasteiger partial charge in [-0.2, -0.15) is 0 Å². The number of aliphatic hydroxyl groups excluding tert-OH is 1. The Bertz CT molecular complexity index is 287. The van der Waals surface area contributed by atoms with E-state index >= 15 is 0 Å². The fourth-order valence-corrected chi connectivity index (χ4v) is 1.27. The van der Waals surface area contributed by atoms with Gasteiger partial charge in [-0.25, -0.2) is 0 Å². The van der Waals surface area contributed by atoms with Gasteiger partial charge in [0.1, 0.15) is 6.10 Å². The van der Waals surface area contributed by atoms with Crippen molar-refractivity contribution in [1.29, 1.82) is 0 Å². The normalized spacial score (nSPS) is 12.6. The summed E-state index contributed by atoms with van der Waals surface area (Å²) in [5.41, 5.74) is 7.05. The Hall–Kier alpha value is -1.10. The quantitative estimate of drug-likeness (QED) is 0.543. The molecule has 3 N–H and O–H groups in total. The molecule has 1 unspecified atom stereocenters. The zero-order valence-electron chi connectivity index (χ0n) is 9.56. The van der Waals surface area contributed by atoms with Gasteiger partial charge in [-0.15, -0.1) is 0 Å². The van der Waals surface area contributed by atoms with Crippen molar-refractivity contribution < 1.29 is 14.6 Å². The highest BCUT2D eigenvalue weighted by Gasteiger charge is 2.06. The lowest BCUT2D eigenvalue weighted by Gasteiger charge is -2.11. The van der Waals surface area contributed by atoms with Crippen LogP contribution in [0.15, 0.2) is 24.3 Å². The Morgan fingerprint density at radius 3 is 2.44 bits per heavy atom. The molecule has 0 amide bonds. The van der Waals surface area contributed by atoms with Gasteiger partial charge in [0.05, 0.1) is 19.8 Å². The van der Waals surface area contributed by atoms with Gasteiger partial charge in [-0.05, 0) is 24.6 Å². The van der Waals surface area contributed by atoms with E-state index in [9.17, 15) is 5.11 Å². The van der Waals surface area contributed by atoms with E-state index in [0.717, 1.165) is 5.56 Å². The van der Waals surface area contributed by atoms with Crippen LogP contribution in [-0.2, 0) is 9.47 Å². The molecule has 1 rings (SSSR count). The van der Waals surface area contributed by atoms with Crippen molar-refractivity contribution in [3.63, 3.8) is 0 Å². The van der Waals surface area contributed by atoms with Crippen LogP contribution in [0.1, 0.15) is 18.6 Å². The molecular formula is C12H19NO3. The van der Waals surface area contributed by atoms with Crippen LogP contribution in [0, 0.1) is 0 Å². The first-order chi connectivity index (χ1) is 7.74. The maximum absolute atomic E-state index is 9.76. The smallest absolute Gasteiger partial charge is 0.102 e. The summed E-state index contributed by atoms with van der Waals surface area (Å²) in [4.78, 5) is 0. The van der Waals surface area contributed by atoms with E-state index in [4.69, 9.17) is 15.2 Å². The molecule has 4 heteroatoms. The van der Waals surface area contributed by atoms with E-state index in [1.54, 1.807) is 24.3 Å². The second-order valence-corrected chi connectivity index (χ2v) is 3.45. The van der Waals surface area contributed by atoms with Gasteiger partial charge >= 0.3 is 0 Å². The highest BCUT2D eigenvalue weighted by atomic mass is 16.5. The second-order valence-electron chi connectivity index (χ2n) is 3.45. The lowest BCUT2D eigenvalue weighted by molar-refractivity contribution is 0.00532. The minimum Gasteiger partial charge on any atom is -0.399 e. The van der Waals surface area contributed by atoms with Gasteiger partial charge in [0.2, 0.25) is 0 Å². The topological polar surface area (TPSA) is 64.7 Å². The van der Waals surface area contributed by atoms with Crippen LogP contribution < -0.4 is 5.73 Å². The van der Waals surface area contributed by atoms with Crippen molar-refractivity contribution in [3.05, 3.63) is 29.8 Å². The Kier molecular flexibility index (Phi) is 5.85. The van der Waals surface area contributed by atoms with Gasteiger partial charge in [-0.3, -0.25) is 0 Å². The van der Waals surface area contributed by atoms with Gasteiger partial charge in [-0.1, -0.05) is 12.1 Å². The Morgan fingerprint density at radius 1 is 1.19 bits per heavy atom. The SMILES string of the molecule is CCOCCOCC(O)c1ccc(N)cc1. The van der Waals surface area contributed by atoms with E-state index in [1.165, 1.54) is 0 Å². The largest absolute Gasteiger partial charge is 0.399 e. The summed E-state index contributed by atoms with van der Waals surface area (Å²) in [5.74, 6) is 0. The van der Waals surface area contributed by atoms with Crippen molar-refractivity contribution in [2.24, 2.45) is 0 Å². The predicted molar refractivity (Wildman–Crippen MR) is 63.1 cm³/mol. The average molecular weight is 225 g/mol. The molecule has 0 aromatic heterocycles. The van der Waals surface area contributed by atoms with E-state index < -0.39 is 6.10 Å². The number of rotatable bonds is 7. The Balaban J connectivity index is 2.24. The molecular weight excluding hydrogens is 206 g/mol. The van der Waals surface area contributed by atoms with Gasteiger partial charge < -0.3 is 20.3 Å². The molecule has 0 aliphatic carbocycles. The molecule has 0 saturated carbocycles. The van der Waals surface area contributed by atoms with Crippen LogP contribution in [0.4, 0.5) is 5.69 Å². The molecule has 0 bridgehead atoms. The van der Waals surface area contributed by atoms with Crippen molar-refractivity contribution in [1.82, 2.24) is 0 Å². The van der Waals surface area contributed by atoms with Crippen LogP contribution >= 0.6 is 0 Å². The summed E-state index contributed by atoms with van der Waals surface area (Å²) in [6.45, 7) is 3.95. The second kappa shape index (κ2) is 7.22. The molecule has 0 aliphatic heterocycles. The van der Waals surface area contributed by atoms with Gasteiger partial charge in [0.25, 0.3) is 0 Å². The molecule has 1 atom stereocenters. The monoisotopic (exact) mass is 225 g/mol. The van der Waals surface area contributed by atoms with Crippen LogP contribution in [0.2, 0.25) is 0 Å². The van der Waals surface area contributed by atoms with Gasteiger partial charge in [0.15, 0.2) is 0 Å². The van der Waals surface area contributed by atoms with Crippen LogP contribution in [-0.4, -0.2) is 31.5 Å². The predicted octanol–water partition coefficient (Wildman–Crippen LogP) is 1.36. The highest BCUT2D eigenvalue weighted by molar-refractivity contribution is 5.39. The lowest BCUT2D eigenvalue weighted by Crippen LogP contribution is -2.11. The minimum absolute atomic E-state index is 0.275. The fourth-order valence-electron chi connectivity index (χ4n) is 1.27. The molecule has 0 aliphatic rings. The number of hydrogen-bond acceptors (Lipinski definition) is 4. The number of ether oxygens (including phenoxy) is 2. The number of aliphatic hydroxyl groups is 1. The summed E-state index contributed by atoms with van der Waals surface area (Å²) in [6, 6.07) is 7.12. The van der Waals surface area contributed by atoms with Gasteiger partial charge in [0, 0.05) is 12.3 Å². The molecule has 1 aromatic carbocycles.